The maximum atomic E-state index is 10.6. The van der Waals surface area contributed by atoms with E-state index < -0.39 is 4.92 Å². The van der Waals surface area contributed by atoms with E-state index in [2.05, 4.69) is 10.2 Å². The topological polar surface area (TPSA) is 67.6 Å². The molecule has 1 saturated heterocycles. The van der Waals surface area contributed by atoms with Crippen molar-refractivity contribution in [2.24, 2.45) is 0 Å². The Morgan fingerprint density at radius 1 is 1.63 bits per heavy atom. The van der Waals surface area contributed by atoms with Crippen molar-refractivity contribution in [3.63, 3.8) is 0 Å². The highest BCUT2D eigenvalue weighted by Crippen LogP contribution is 2.26. The normalized spacial score (nSPS) is 20.2. The molecule has 19 heavy (non-hydrogen) atoms. The van der Waals surface area contributed by atoms with Crippen molar-refractivity contribution in [3.05, 3.63) is 33.3 Å². The van der Waals surface area contributed by atoms with Crippen molar-refractivity contribution in [1.29, 1.82) is 0 Å². The summed E-state index contributed by atoms with van der Waals surface area (Å²) >= 11 is 6.00. The van der Waals surface area contributed by atoms with E-state index in [0.717, 1.165) is 19.7 Å². The highest BCUT2D eigenvalue weighted by molar-refractivity contribution is 6.33. The fraction of sp³-hybridized carbons (Fsp3) is 0.500. The lowest BCUT2D eigenvalue weighted by Gasteiger charge is -2.30. The van der Waals surface area contributed by atoms with Crippen LogP contribution in [0.15, 0.2) is 18.2 Å². The van der Waals surface area contributed by atoms with Gasteiger partial charge in [0.15, 0.2) is 0 Å². The quantitative estimate of drug-likeness (QED) is 0.677. The lowest BCUT2D eigenvalue weighted by molar-refractivity contribution is -0.384. The molecule has 0 amide bonds. The van der Waals surface area contributed by atoms with Gasteiger partial charge in [-0.2, -0.15) is 0 Å². The number of non-ortho nitro benzene ring substituents is 1. The zero-order valence-corrected chi connectivity index (χ0v) is 11.4. The average molecular weight is 286 g/mol. The van der Waals surface area contributed by atoms with Crippen LogP contribution in [0.4, 0.5) is 11.4 Å². The molecule has 0 radical (unpaired) electrons. The van der Waals surface area contributed by atoms with Crippen LogP contribution in [0.1, 0.15) is 0 Å². The summed E-state index contributed by atoms with van der Waals surface area (Å²) in [6, 6.07) is 4.40. The number of anilines is 1. The fourth-order valence-corrected chi connectivity index (χ4v) is 2.22. The second-order valence-corrected chi connectivity index (χ2v) is 4.96. The van der Waals surface area contributed by atoms with E-state index in [1.807, 2.05) is 7.05 Å². The van der Waals surface area contributed by atoms with E-state index in [0.29, 0.717) is 17.3 Å². The number of hydrogen-bond acceptors (Lipinski definition) is 5. The van der Waals surface area contributed by atoms with Crippen LogP contribution < -0.4 is 5.32 Å². The highest BCUT2D eigenvalue weighted by atomic mass is 35.5. The zero-order valence-electron chi connectivity index (χ0n) is 10.6. The van der Waals surface area contributed by atoms with Gasteiger partial charge in [0.25, 0.3) is 5.69 Å². The van der Waals surface area contributed by atoms with Crippen LogP contribution in [0.3, 0.4) is 0 Å². The molecule has 1 aliphatic rings. The molecular weight excluding hydrogens is 270 g/mol. The molecule has 1 aromatic rings. The van der Waals surface area contributed by atoms with Crippen molar-refractivity contribution in [2.75, 3.05) is 38.6 Å². The van der Waals surface area contributed by atoms with Gasteiger partial charge in [-0.05, 0) is 13.1 Å². The largest absolute Gasteiger partial charge is 0.381 e. The Labute approximate surface area is 116 Å². The van der Waals surface area contributed by atoms with E-state index in [4.69, 9.17) is 16.3 Å². The molecule has 1 aliphatic heterocycles. The maximum absolute atomic E-state index is 10.6. The van der Waals surface area contributed by atoms with E-state index >= 15 is 0 Å². The number of halogens is 1. The van der Waals surface area contributed by atoms with Gasteiger partial charge >= 0.3 is 0 Å². The minimum Gasteiger partial charge on any atom is -0.381 e. The summed E-state index contributed by atoms with van der Waals surface area (Å²) in [6.45, 7) is 3.14. The summed E-state index contributed by atoms with van der Waals surface area (Å²) in [5, 5.41) is 14.1. The third-order valence-corrected chi connectivity index (χ3v) is 3.34. The van der Waals surface area contributed by atoms with Crippen molar-refractivity contribution in [3.8, 4) is 0 Å². The van der Waals surface area contributed by atoms with Gasteiger partial charge in [0.1, 0.15) is 0 Å². The number of nitro benzene ring substituents is 1. The summed E-state index contributed by atoms with van der Waals surface area (Å²) < 4.78 is 5.62. The van der Waals surface area contributed by atoms with Gasteiger partial charge in [0.2, 0.25) is 0 Å². The fourth-order valence-electron chi connectivity index (χ4n) is 1.98. The molecule has 6 nitrogen and oxygen atoms in total. The molecule has 1 aromatic carbocycles. The van der Waals surface area contributed by atoms with Gasteiger partial charge in [-0.1, -0.05) is 11.6 Å². The standard InChI is InChI=1S/C12H16ClN3O3/c1-15-4-5-19-10(8-15)7-14-12-3-2-9(16(17)18)6-11(12)13/h2-3,6,10,14H,4-5,7-8H2,1H3. The van der Waals surface area contributed by atoms with Gasteiger partial charge in [0.05, 0.1) is 28.3 Å². The van der Waals surface area contributed by atoms with Crippen molar-refractivity contribution in [2.45, 2.75) is 6.10 Å². The van der Waals surface area contributed by atoms with Crippen LogP contribution in [0, 0.1) is 10.1 Å². The number of morpholine rings is 1. The Bertz CT molecular complexity index is 470. The van der Waals surface area contributed by atoms with Crippen molar-refractivity contribution < 1.29 is 9.66 Å². The minimum atomic E-state index is -0.463. The second kappa shape index (κ2) is 6.18. The molecule has 1 fully saturated rings. The molecule has 1 N–H and O–H groups in total. The maximum Gasteiger partial charge on any atom is 0.271 e. The first kappa shape index (κ1) is 14.0. The van der Waals surface area contributed by atoms with Crippen molar-refractivity contribution in [1.82, 2.24) is 4.90 Å². The number of hydrogen-bond donors (Lipinski definition) is 1. The molecule has 0 aromatic heterocycles. The average Bonchev–Trinajstić information content (AvgIpc) is 2.37. The Morgan fingerprint density at radius 2 is 2.42 bits per heavy atom. The van der Waals surface area contributed by atoms with Crippen LogP contribution in [-0.4, -0.2) is 49.2 Å². The first-order valence-corrected chi connectivity index (χ1v) is 6.42. The van der Waals surface area contributed by atoms with Gasteiger partial charge in [-0.3, -0.25) is 10.1 Å². The van der Waals surface area contributed by atoms with E-state index in [1.165, 1.54) is 12.1 Å². The van der Waals surface area contributed by atoms with Crippen LogP contribution in [0.25, 0.3) is 0 Å². The van der Waals surface area contributed by atoms with Gasteiger partial charge < -0.3 is 15.0 Å². The highest BCUT2D eigenvalue weighted by Gasteiger charge is 2.18. The van der Waals surface area contributed by atoms with Crippen LogP contribution in [0.2, 0.25) is 5.02 Å². The second-order valence-electron chi connectivity index (χ2n) is 4.56. The van der Waals surface area contributed by atoms with Gasteiger partial charge in [-0.25, -0.2) is 0 Å². The van der Waals surface area contributed by atoms with E-state index in [1.54, 1.807) is 6.07 Å². The molecular formula is C12H16ClN3O3. The number of nitro groups is 1. The zero-order chi connectivity index (χ0) is 13.8. The summed E-state index contributed by atoms with van der Waals surface area (Å²) in [4.78, 5) is 12.3. The molecule has 0 saturated carbocycles. The molecule has 1 heterocycles. The number of likely N-dealkylation sites (N-methyl/N-ethyl adjacent to an activating group) is 1. The monoisotopic (exact) mass is 285 g/mol. The Morgan fingerprint density at radius 3 is 3.05 bits per heavy atom. The third kappa shape index (κ3) is 3.79. The molecule has 1 unspecified atom stereocenters. The number of nitrogens with one attached hydrogen (secondary N) is 1. The van der Waals surface area contributed by atoms with Crippen molar-refractivity contribution >= 4 is 23.0 Å². The van der Waals surface area contributed by atoms with E-state index in [-0.39, 0.29) is 11.8 Å². The Kier molecular flexibility index (Phi) is 4.57. The molecule has 104 valence electrons. The summed E-state index contributed by atoms with van der Waals surface area (Å²) in [7, 11) is 2.05. The number of ether oxygens (including phenoxy) is 1. The number of nitrogens with zero attached hydrogens (tertiary/aromatic N) is 2. The lowest BCUT2D eigenvalue weighted by Crippen LogP contribution is -2.43. The summed E-state index contributed by atoms with van der Waals surface area (Å²) in [6.07, 6.45) is 0.102. The summed E-state index contributed by atoms with van der Waals surface area (Å²) in [5.74, 6) is 0. The van der Waals surface area contributed by atoms with Crippen LogP contribution in [-0.2, 0) is 4.74 Å². The summed E-state index contributed by atoms with van der Waals surface area (Å²) in [5.41, 5.74) is 0.674. The predicted octanol–water partition coefficient (Wildman–Crippen LogP) is 1.99. The lowest BCUT2D eigenvalue weighted by atomic mass is 10.2. The van der Waals surface area contributed by atoms with Crippen LogP contribution >= 0.6 is 11.6 Å². The molecule has 0 spiro atoms. The smallest absolute Gasteiger partial charge is 0.271 e. The third-order valence-electron chi connectivity index (χ3n) is 3.03. The van der Waals surface area contributed by atoms with Gasteiger partial charge in [0, 0.05) is 31.8 Å². The Hall–Kier alpha value is -1.37. The van der Waals surface area contributed by atoms with Crippen LogP contribution in [0.5, 0.6) is 0 Å². The number of benzene rings is 1. The Balaban J connectivity index is 1.94. The molecule has 0 aliphatic carbocycles. The molecule has 1 atom stereocenters. The van der Waals surface area contributed by atoms with E-state index in [9.17, 15) is 10.1 Å². The first-order chi connectivity index (χ1) is 9.06. The number of rotatable bonds is 4. The predicted molar refractivity (Wildman–Crippen MR) is 73.8 cm³/mol. The molecule has 0 bridgehead atoms. The first-order valence-electron chi connectivity index (χ1n) is 6.04. The SMILES string of the molecule is CN1CCOC(CNc2ccc([N+](=O)[O-])cc2Cl)C1. The minimum absolute atomic E-state index is 0.0100. The molecule has 2 rings (SSSR count). The molecule has 7 heteroatoms. The van der Waals surface area contributed by atoms with Gasteiger partial charge in [-0.15, -0.1) is 0 Å².